The number of aliphatic hydroxyl groups is 1. The quantitative estimate of drug-likeness (QED) is 0.466. The molecular formula is C28H32N6O5. The van der Waals surface area contributed by atoms with Crippen molar-refractivity contribution in [3.63, 3.8) is 0 Å². The summed E-state index contributed by atoms with van der Waals surface area (Å²) in [5, 5.41) is 24.1. The fourth-order valence-corrected chi connectivity index (χ4v) is 5.53. The van der Waals surface area contributed by atoms with Gasteiger partial charge in [0.25, 0.3) is 5.91 Å². The number of anilines is 2. The number of nitrogens with zero attached hydrogens (tertiary/aromatic N) is 5. The fourth-order valence-electron chi connectivity index (χ4n) is 5.53. The third-order valence-electron chi connectivity index (χ3n) is 8.32. The second kappa shape index (κ2) is 10.3. The van der Waals surface area contributed by atoms with Crippen LogP contribution in [0.3, 0.4) is 0 Å². The zero-order valence-corrected chi connectivity index (χ0v) is 22.5. The van der Waals surface area contributed by atoms with E-state index in [1.54, 1.807) is 19.2 Å². The maximum absolute atomic E-state index is 11.8. The Bertz CT molecular complexity index is 1450. The molecule has 0 bridgehead atoms. The van der Waals surface area contributed by atoms with Crippen LogP contribution in [0.2, 0.25) is 0 Å². The van der Waals surface area contributed by atoms with Gasteiger partial charge in [-0.3, -0.25) is 9.78 Å². The van der Waals surface area contributed by atoms with Crippen LogP contribution in [0.1, 0.15) is 43.7 Å². The first-order valence-electron chi connectivity index (χ1n) is 12.9. The SMILES string of the molecule is COc1ccc2ncc(C#N)c(CC(O)C3(OC)CCC(C)(N(C)c4ccc5c(n4)NC(=O)CO5)CC3)c2n1. The Labute approximate surface area is 226 Å². The molecule has 1 atom stereocenters. The Hall–Kier alpha value is -4.01. The molecular weight excluding hydrogens is 500 g/mol. The molecule has 1 fully saturated rings. The van der Waals surface area contributed by atoms with Gasteiger partial charge in [0.05, 0.1) is 35.4 Å². The standard InChI is InChI=1S/C28H32N6O5/c1-27(34(2)22-7-6-20-26(31-22)32-23(36)16-39-20)9-11-28(38-4,12-10-27)21(35)13-18-17(14-29)15-30-19-5-8-24(37-3)33-25(18)19/h5-8,15,21,35H,9-13,16H2,1-4H3,(H,31,32,36). The summed E-state index contributed by atoms with van der Waals surface area (Å²) in [5.74, 6) is 1.87. The van der Waals surface area contributed by atoms with Gasteiger partial charge in [-0.1, -0.05) is 0 Å². The van der Waals surface area contributed by atoms with E-state index in [1.807, 2.05) is 19.2 Å². The maximum Gasteiger partial charge on any atom is 0.263 e. The molecule has 1 aliphatic carbocycles. The topological polar surface area (TPSA) is 143 Å². The number of nitriles is 1. The van der Waals surface area contributed by atoms with Gasteiger partial charge < -0.3 is 29.5 Å². The van der Waals surface area contributed by atoms with Crippen molar-refractivity contribution < 1.29 is 24.1 Å². The molecule has 11 nitrogen and oxygen atoms in total. The van der Waals surface area contributed by atoms with E-state index in [0.717, 1.165) is 18.7 Å². The Morgan fingerprint density at radius 2 is 1.97 bits per heavy atom. The Morgan fingerprint density at radius 3 is 2.67 bits per heavy atom. The molecule has 0 spiro atoms. The molecule has 3 aromatic heterocycles. The van der Waals surface area contributed by atoms with E-state index in [0.29, 0.717) is 52.4 Å². The molecule has 39 heavy (non-hydrogen) atoms. The second-order valence-electron chi connectivity index (χ2n) is 10.4. The molecule has 11 heteroatoms. The third-order valence-corrected chi connectivity index (χ3v) is 8.32. The summed E-state index contributed by atoms with van der Waals surface area (Å²) in [7, 11) is 5.14. The number of hydrogen-bond acceptors (Lipinski definition) is 10. The summed E-state index contributed by atoms with van der Waals surface area (Å²) in [5.41, 5.74) is 1.08. The number of amides is 1. The van der Waals surface area contributed by atoms with Crippen LogP contribution in [0.15, 0.2) is 30.5 Å². The van der Waals surface area contributed by atoms with Gasteiger partial charge in [-0.25, -0.2) is 9.97 Å². The van der Waals surface area contributed by atoms with Crippen molar-refractivity contribution in [2.24, 2.45) is 0 Å². The van der Waals surface area contributed by atoms with E-state index >= 15 is 0 Å². The maximum atomic E-state index is 11.8. The Kier molecular flexibility index (Phi) is 7.01. The van der Waals surface area contributed by atoms with E-state index in [-0.39, 0.29) is 24.5 Å². The first kappa shape index (κ1) is 26.6. The van der Waals surface area contributed by atoms with Crippen LogP contribution in [0.4, 0.5) is 11.6 Å². The average Bonchev–Trinajstić information content (AvgIpc) is 2.96. The molecule has 1 amide bonds. The number of nitrogens with one attached hydrogen (secondary N) is 1. The molecule has 204 valence electrons. The zero-order valence-electron chi connectivity index (χ0n) is 22.5. The lowest BCUT2D eigenvalue weighted by Gasteiger charge is -2.50. The number of aromatic nitrogens is 3. The second-order valence-corrected chi connectivity index (χ2v) is 10.4. The minimum atomic E-state index is -0.878. The fraction of sp³-hybridized carbons (Fsp3) is 0.464. The number of fused-ring (bicyclic) bond motifs is 2. The smallest absolute Gasteiger partial charge is 0.263 e. The van der Waals surface area contributed by atoms with Gasteiger partial charge in [0.2, 0.25) is 5.88 Å². The minimum Gasteiger partial charge on any atom is -0.481 e. The monoisotopic (exact) mass is 532 g/mol. The Balaban J connectivity index is 1.36. The van der Waals surface area contributed by atoms with E-state index in [4.69, 9.17) is 14.2 Å². The summed E-state index contributed by atoms with van der Waals surface area (Å²) in [6, 6.07) is 9.40. The number of ether oxygens (including phenoxy) is 3. The normalized spacial score (nSPS) is 23.2. The van der Waals surface area contributed by atoms with Crippen molar-refractivity contribution in [1.29, 1.82) is 5.26 Å². The Morgan fingerprint density at radius 1 is 1.21 bits per heavy atom. The highest BCUT2D eigenvalue weighted by atomic mass is 16.5. The van der Waals surface area contributed by atoms with E-state index in [1.165, 1.54) is 13.3 Å². The van der Waals surface area contributed by atoms with Crippen LogP contribution in [0, 0.1) is 11.3 Å². The molecule has 1 unspecified atom stereocenters. The van der Waals surface area contributed by atoms with Gasteiger partial charge >= 0.3 is 0 Å². The summed E-state index contributed by atoms with van der Waals surface area (Å²) in [6.07, 6.45) is 3.47. The largest absolute Gasteiger partial charge is 0.481 e. The highest BCUT2D eigenvalue weighted by Gasteiger charge is 2.47. The number of methoxy groups -OCH3 is 2. The molecule has 2 aliphatic rings. The molecule has 0 radical (unpaired) electrons. The first-order valence-corrected chi connectivity index (χ1v) is 12.9. The lowest BCUT2D eigenvalue weighted by molar-refractivity contribution is -0.129. The first-order chi connectivity index (χ1) is 18.7. The molecule has 3 aromatic rings. The summed E-state index contributed by atoms with van der Waals surface area (Å²) >= 11 is 0. The van der Waals surface area contributed by atoms with Crippen molar-refractivity contribution in [1.82, 2.24) is 15.0 Å². The number of aliphatic hydroxyl groups excluding tert-OH is 1. The van der Waals surface area contributed by atoms with Crippen molar-refractivity contribution >= 4 is 28.6 Å². The number of pyridine rings is 3. The summed E-state index contributed by atoms with van der Waals surface area (Å²) < 4.78 is 16.7. The number of carbonyl (C=O) groups is 1. The highest BCUT2D eigenvalue weighted by molar-refractivity contribution is 5.94. The van der Waals surface area contributed by atoms with Crippen molar-refractivity contribution in [2.75, 3.05) is 38.1 Å². The van der Waals surface area contributed by atoms with E-state index in [2.05, 4.69) is 38.2 Å². The molecule has 4 heterocycles. The van der Waals surface area contributed by atoms with Crippen LogP contribution in [-0.2, 0) is 16.0 Å². The predicted octanol–water partition coefficient (Wildman–Crippen LogP) is 2.99. The van der Waals surface area contributed by atoms with Crippen LogP contribution in [0.5, 0.6) is 11.6 Å². The van der Waals surface area contributed by atoms with Crippen molar-refractivity contribution in [2.45, 2.75) is 56.3 Å². The summed E-state index contributed by atoms with van der Waals surface area (Å²) in [6.45, 7) is 2.15. The average molecular weight is 533 g/mol. The van der Waals surface area contributed by atoms with Gasteiger partial charge in [0.1, 0.15) is 11.9 Å². The number of rotatable bonds is 7. The predicted molar refractivity (Wildman–Crippen MR) is 144 cm³/mol. The van der Waals surface area contributed by atoms with Crippen LogP contribution < -0.4 is 19.7 Å². The number of carbonyl (C=O) groups excluding carboxylic acids is 1. The lowest BCUT2D eigenvalue weighted by atomic mass is 9.70. The molecule has 0 aromatic carbocycles. The third kappa shape index (κ3) is 4.82. The minimum absolute atomic E-state index is 0.0161. The van der Waals surface area contributed by atoms with Gasteiger partial charge in [-0.15, -0.1) is 0 Å². The van der Waals surface area contributed by atoms with Crippen molar-refractivity contribution in [3.8, 4) is 17.7 Å². The molecule has 1 aliphatic heterocycles. The van der Waals surface area contributed by atoms with E-state index < -0.39 is 11.7 Å². The summed E-state index contributed by atoms with van der Waals surface area (Å²) in [4.78, 5) is 27.4. The highest BCUT2D eigenvalue weighted by Crippen LogP contribution is 2.44. The van der Waals surface area contributed by atoms with Crippen LogP contribution in [-0.4, -0.2) is 71.1 Å². The number of hydrogen-bond donors (Lipinski definition) is 2. The van der Waals surface area contributed by atoms with Crippen molar-refractivity contribution in [3.05, 3.63) is 41.6 Å². The molecule has 5 rings (SSSR count). The molecule has 0 saturated heterocycles. The van der Waals surface area contributed by atoms with Gasteiger partial charge in [-0.2, -0.15) is 5.26 Å². The van der Waals surface area contributed by atoms with Gasteiger partial charge in [-0.05, 0) is 50.8 Å². The zero-order chi connectivity index (χ0) is 27.8. The van der Waals surface area contributed by atoms with Gasteiger partial charge in [0.15, 0.2) is 18.2 Å². The molecule has 1 saturated carbocycles. The van der Waals surface area contributed by atoms with E-state index in [9.17, 15) is 15.2 Å². The lowest BCUT2D eigenvalue weighted by Crippen LogP contribution is -2.56. The molecule has 2 N–H and O–H groups in total. The van der Waals surface area contributed by atoms with Crippen LogP contribution >= 0.6 is 0 Å². The van der Waals surface area contributed by atoms with Crippen LogP contribution in [0.25, 0.3) is 11.0 Å². The van der Waals surface area contributed by atoms with Gasteiger partial charge in [0, 0.05) is 43.9 Å².